The molecule has 1 fully saturated rings. The van der Waals surface area contributed by atoms with Gasteiger partial charge in [0.1, 0.15) is 5.82 Å². The molecule has 1 atom stereocenters. The number of hydrogen-bond donors (Lipinski definition) is 0. The predicted molar refractivity (Wildman–Crippen MR) is 91.6 cm³/mol. The number of anilines is 1. The summed E-state index contributed by atoms with van der Waals surface area (Å²) >= 11 is 0. The fraction of sp³-hybridized carbons (Fsp3) is 0.263. The van der Waals surface area contributed by atoms with Crippen LogP contribution in [0, 0.1) is 0 Å². The molecule has 0 spiro atoms. The highest BCUT2D eigenvalue weighted by Crippen LogP contribution is 2.32. The van der Waals surface area contributed by atoms with Crippen LogP contribution in [-0.2, 0) is 11.3 Å². The van der Waals surface area contributed by atoms with Gasteiger partial charge in [-0.3, -0.25) is 4.79 Å². The minimum absolute atomic E-state index is 0.148. The number of imidazole rings is 1. The second-order valence-corrected chi connectivity index (χ2v) is 5.94. The average Bonchev–Trinajstić information content (AvgIpc) is 3.15. The standard InChI is InChI=1S/C19H19N3O/c1-2-21-17-11-7-6-10-16(17)20-19(21)14-12-18(23)22(13-14)15-8-4-3-5-9-15/h3-11,14H,2,12-13H2,1H3. The zero-order chi connectivity index (χ0) is 15.8. The van der Waals surface area contributed by atoms with Crippen molar-refractivity contribution in [3.63, 3.8) is 0 Å². The number of carbonyl (C=O) groups excluding carboxylic acids is 1. The smallest absolute Gasteiger partial charge is 0.227 e. The monoisotopic (exact) mass is 305 g/mol. The Kier molecular flexibility index (Phi) is 3.37. The molecule has 0 bridgehead atoms. The van der Waals surface area contributed by atoms with Gasteiger partial charge in [-0.2, -0.15) is 0 Å². The molecule has 2 heterocycles. The first-order chi connectivity index (χ1) is 11.3. The van der Waals surface area contributed by atoms with Gasteiger partial charge in [-0.25, -0.2) is 4.98 Å². The van der Waals surface area contributed by atoms with E-state index in [1.165, 1.54) is 0 Å². The maximum atomic E-state index is 12.5. The summed E-state index contributed by atoms with van der Waals surface area (Å²) in [5.41, 5.74) is 3.13. The lowest BCUT2D eigenvalue weighted by atomic mass is 10.1. The molecule has 4 nitrogen and oxygen atoms in total. The van der Waals surface area contributed by atoms with Crippen LogP contribution in [-0.4, -0.2) is 22.0 Å². The largest absolute Gasteiger partial charge is 0.328 e. The Hall–Kier alpha value is -2.62. The Bertz CT molecular complexity index is 853. The summed E-state index contributed by atoms with van der Waals surface area (Å²) in [6.45, 7) is 3.70. The van der Waals surface area contributed by atoms with Crippen molar-refractivity contribution in [2.24, 2.45) is 0 Å². The predicted octanol–water partition coefficient (Wildman–Crippen LogP) is 3.58. The molecule has 1 unspecified atom stereocenters. The highest BCUT2D eigenvalue weighted by Gasteiger charge is 2.34. The van der Waals surface area contributed by atoms with E-state index < -0.39 is 0 Å². The molecule has 0 saturated carbocycles. The zero-order valence-corrected chi connectivity index (χ0v) is 13.1. The van der Waals surface area contributed by atoms with Crippen molar-refractivity contribution in [1.29, 1.82) is 0 Å². The third kappa shape index (κ3) is 2.31. The van der Waals surface area contributed by atoms with Gasteiger partial charge in [-0.1, -0.05) is 30.3 Å². The molecule has 0 aliphatic carbocycles. The number of amides is 1. The third-order valence-corrected chi connectivity index (χ3v) is 4.56. The first-order valence-corrected chi connectivity index (χ1v) is 8.08. The number of carbonyl (C=O) groups is 1. The van der Waals surface area contributed by atoms with E-state index >= 15 is 0 Å². The van der Waals surface area contributed by atoms with Crippen LogP contribution in [0.5, 0.6) is 0 Å². The molecule has 116 valence electrons. The highest BCUT2D eigenvalue weighted by molar-refractivity contribution is 5.96. The summed E-state index contributed by atoms with van der Waals surface area (Å²) in [7, 11) is 0. The molecule has 1 saturated heterocycles. The normalized spacial score (nSPS) is 18.0. The van der Waals surface area contributed by atoms with Gasteiger partial charge in [-0.05, 0) is 31.2 Å². The van der Waals surface area contributed by atoms with E-state index in [0.29, 0.717) is 13.0 Å². The van der Waals surface area contributed by atoms with Crippen LogP contribution in [0.1, 0.15) is 25.1 Å². The Labute approximate surface area is 135 Å². The van der Waals surface area contributed by atoms with Crippen molar-refractivity contribution in [2.45, 2.75) is 25.8 Å². The number of rotatable bonds is 3. The van der Waals surface area contributed by atoms with E-state index in [2.05, 4.69) is 17.6 Å². The van der Waals surface area contributed by atoms with Crippen LogP contribution >= 0.6 is 0 Å². The molecule has 0 N–H and O–H groups in total. The number of hydrogen-bond acceptors (Lipinski definition) is 2. The summed E-state index contributed by atoms with van der Waals surface area (Å²) in [6.07, 6.45) is 0.526. The molecule has 3 aromatic rings. The number of fused-ring (bicyclic) bond motifs is 1. The first kappa shape index (κ1) is 14.0. The molecule has 2 aromatic carbocycles. The lowest BCUT2D eigenvalue weighted by molar-refractivity contribution is -0.117. The number of aromatic nitrogens is 2. The molecule has 1 aliphatic rings. The summed E-state index contributed by atoms with van der Waals surface area (Å²) in [5.74, 6) is 1.35. The van der Waals surface area contributed by atoms with E-state index in [1.807, 2.05) is 53.4 Å². The lowest BCUT2D eigenvalue weighted by Crippen LogP contribution is -2.24. The van der Waals surface area contributed by atoms with Crippen molar-refractivity contribution in [2.75, 3.05) is 11.4 Å². The Balaban J connectivity index is 1.71. The van der Waals surface area contributed by atoms with E-state index in [0.717, 1.165) is 29.1 Å². The maximum absolute atomic E-state index is 12.5. The molecule has 0 radical (unpaired) electrons. The lowest BCUT2D eigenvalue weighted by Gasteiger charge is -2.17. The van der Waals surface area contributed by atoms with Gasteiger partial charge in [0.15, 0.2) is 0 Å². The van der Waals surface area contributed by atoms with E-state index in [-0.39, 0.29) is 11.8 Å². The number of para-hydroxylation sites is 3. The SMILES string of the molecule is CCn1c(C2CC(=O)N(c3ccccc3)C2)nc2ccccc21. The molecule has 4 rings (SSSR count). The average molecular weight is 305 g/mol. The minimum atomic E-state index is 0.148. The minimum Gasteiger partial charge on any atom is -0.328 e. The van der Waals surface area contributed by atoms with Crippen molar-refractivity contribution < 1.29 is 4.79 Å². The molecular formula is C19H19N3O. The van der Waals surface area contributed by atoms with Gasteiger partial charge < -0.3 is 9.47 Å². The van der Waals surface area contributed by atoms with Gasteiger partial charge in [0.2, 0.25) is 5.91 Å². The Morgan fingerprint density at radius 3 is 2.61 bits per heavy atom. The maximum Gasteiger partial charge on any atom is 0.227 e. The van der Waals surface area contributed by atoms with Crippen molar-refractivity contribution in [3.05, 3.63) is 60.4 Å². The van der Waals surface area contributed by atoms with Crippen molar-refractivity contribution in [1.82, 2.24) is 9.55 Å². The molecule has 1 aromatic heterocycles. The molecule has 4 heteroatoms. The summed E-state index contributed by atoms with van der Waals surface area (Å²) in [4.78, 5) is 19.2. The van der Waals surface area contributed by atoms with Gasteiger partial charge in [0, 0.05) is 31.1 Å². The number of nitrogens with zero attached hydrogens (tertiary/aromatic N) is 3. The Morgan fingerprint density at radius 2 is 1.83 bits per heavy atom. The first-order valence-electron chi connectivity index (χ1n) is 8.08. The molecule has 1 amide bonds. The molecule has 1 aliphatic heterocycles. The zero-order valence-electron chi connectivity index (χ0n) is 13.1. The summed E-state index contributed by atoms with van der Waals surface area (Å²) in [5, 5.41) is 0. The Morgan fingerprint density at radius 1 is 1.09 bits per heavy atom. The van der Waals surface area contributed by atoms with Crippen molar-refractivity contribution in [3.8, 4) is 0 Å². The topological polar surface area (TPSA) is 38.1 Å². The van der Waals surface area contributed by atoms with E-state index in [1.54, 1.807) is 0 Å². The second-order valence-electron chi connectivity index (χ2n) is 5.94. The molecular weight excluding hydrogens is 286 g/mol. The van der Waals surface area contributed by atoms with Gasteiger partial charge in [0.25, 0.3) is 0 Å². The van der Waals surface area contributed by atoms with Gasteiger partial charge in [-0.15, -0.1) is 0 Å². The van der Waals surface area contributed by atoms with Crippen LogP contribution in [0.25, 0.3) is 11.0 Å². The van der Waals surface area contributed by atoms with Crippen molar-refractivity contribution >= 4 is 22.6 Å². The second kappa shape index (κ2) is 5.54. The summed E-state index contributed by atoms with van der Waals surface area (Å²) in [6, 6.07) is 18.1. The molecule has 23 heavy (non-hydrogen) atoms. The highest BCUT2D eigenvalue weighted by atomic mass is 16.2. The number of aryl methyl sites for hydroxylation is 1. The van der Waals surface area contributed by atoms with E-state index in [4.69, 9.17) is 4.98 Å². The quantitative estimate of drug-likeness (QED) is 0.742. The van der Waals surface area contributed by atoms with Crippen LogP contribution in [0.15, 0.2) is 54.6 Å². The van der Waals surface area contributed by atoms with E-state index in [9.17, 15) is 4.79 Å². The van der Waals surface area contributed by atoms with Gasteiger partial charge >= 0.3 is 0 Å². The van der Waals surface area contributed by atoms with Crippen LogP contribution in [0.2, 0.25) is 0 Å². The van der Waals surface area contributed by atoms with Crippen LogP contribution in [0.4, 0.5) is 5.69 Å². The van der Waals surface area contributed by atoms with Crippen LogP contribution in [0.3, 0.4) is 0 Å². The fourth-order valence-electron chi connectivity index (χ4n) is 3.48. The fourth-order valence-corrected chi connectivity index (χ4v) is 3.48. The third-order valence-electron chi connectivity index (χ3n) is 4.56. The number of benzene rings is 2. The summed E-state index contributed by atoms with van der Waals surface area (Å²) < 4.78 is 2.24. The van der Waals surface area contributed by atoms with Crippen LogP contribution < -0.4 is 4.90 Å². The van der Waals surface area contributed by atoms with Gasteiger partial charge in [0.05, 0.1) is 11.0 Å².